The molecule has 0 atom stereocenters. The third kappa shape index (κ3) is 2.65. The fraction of sp³-hybridized carbons (Fsp3) is 0.600. The quantitative estimate of drug-likeness (QED) is 0.808. The molecule has 1 nitrogen and oxygen atoms in total. The molecule has 1 aliphatic carbocycles. The average Bonchev–Trinajstić information content (AvgIpc) is 2.51. The Bertz CT molecular complexity index is 348. The van der Waals surface area contributed by atoms with Gasteiger partial charge in [0, 0.05) is 5.54 Å². The molecule has 0 fully saturated rings. The number of nitrogens with two attached hydrogens (primary N) is 1. The molecule has 0 radical (unpaired) electrons. The van der Waals surface area contributed by atoms with Crippen molar-refractivity contribution in [2.75, 3.05) is 0 Å². The van der Waals surface area contributed by atoms with Crippen molar-refractivity contribution >= 4 is 0 Å². The second kappa shape index (κ2) is 3.89. The molecule has 88 valence electrons. The van der Waals surface area contributed by atoms with Gasteiger partial charge in [-0.1, -0.05) is 45.0 Å². The van der Waals surface area contributed by atoms with E-state index >= 15 is 0 Å². The van der Waals surface area contributed by atoms with E-state index in [0.29, 0.717) is 5.41 Å². The summed E-state index contributed by atoms with van der Waals surface area (Å²) in [5.74, 6) is 0. The Morgan fingerprint density at radius 2 is 1.62 bits per heavy atom. The van der Waals surface area contributed by atoms with Crippen molar-refractivity contribution < 1.29 is 0 Å². The molecule has 2 rings (SSSR count). The first-order valence-electron chi connectivity index (χ1n) is 6.24. The van der Waals surface area contributed by atoms with Gasteiger partial charge in [-0.2, -0.15) is 0 Å². The van der Waals surface area contributed by atoms with Crippen LogP contribution in [0, 0.1) is 5.41 Å². The summed E-state index contributed by atoms with van der Waals surface area (Å²) in [5.41, 5.74) is 9.83. The van der Waals surface area contributed by atoms with Crippen LogP contribution < -0.4 is 5.73 Å². The first-order chi connectivity index (χ1) is 7.38. The largest absolute Gasteiger partial charge is 0.324 e. The van der Waals surface area contributed by atoms with E-state index in [4.69, 9.17) is 5.73 Å². The highest BCUT2D eigenvalue weighted by molar-refractivity contribution is 5.35. The fourth-order valence-corrected chi connectivity index (χ4v) is 2.52. The number of hydrogen-bond acceptors (Lipinski definition) is 1. The lowest BCUT2D eigenvalue weighted by Gasteiger charge is -2.28. The van der Waals surface area contributed by atoms with Gasteiger partial charge in [0.25, 0.3) is 0 Å². The molecule has 0 bridgehead atoms. The van der Waals surface area contributed by atoms with Gasteiger partial charge in [-0.3, -0.25) is 0 Å². The maximum Gasteiger partial charge on any atom is 0.0236 e. The zero-order valence-electron chi connectivity index (χ0n) is 10.7. The highest BCUT2D eigenvalue weighted by Gasteiger charge is 2.33. The number of rotatable bonds is 2. The van der Waals surface area contributed by atoms with Crippen molar-refractivity contribution in [1.82, 2.24) is 0 Å². The summed E-state index contributed by atoms with van der Waals surface area (Å²) in [7, 11) is 0. The third-order valence-corrected chi connectivity index (χ3v) is 3.58. The maximum atomic E-state index is 6.52. The van der Waals surface area contributed by atoms with Crippen LogP contribution in [0.2, 0.25) is 0 Å². The van der Waals surface area contributed by atoms with Crippen molar-refractivity contribution in [3.05, 3.63) is 35.4 Å². The van der Waals surface area contributed by atoms with Gasteiger partial charge >= 0.3 is 0 Å². The second-order valence-corrected chi connectivity index (χ2v) is 6.55. The van der Waals surface area contributed by atoms with Crippen LogP contribution in [0.1, 0.15) is 44.7 Å². The Hall–Kier alpha value is -0.820. The first kappa shape index (κ1) is 11.7. The standard InChI is InChI=1S/C15H23N/c1-14(2,3)8-9-15(16)10-12-6-4-5-7-13(12)11-15/h4-7H,8-11,16H2,1-3H3. The van der Waals surface area contributed by atoms with E-state index in [2.05, 4.69) is 45.0 Å². The third-order valence-electron chi connectivity index (χ3n) is 3.58. The lowest BCUT2D eigenvalue weighted by atomic mass is 9.82. The van der Waals surface area contributed by atoms with Crippen LogP contribution in [0.4, 0.5) is 0 Å². The molecular weight excluding hydrogens is 194 g/mol. The van der Waals surface area contributed by atoms with E-state index in [-0.39, 0.29) is 5.54 Å². The molecular formula is C15H23N. The minimum absolute atomic E-state index is 0.0109. The predicted molar refractivity (Wildman–Crippen MR) is 69.5 cm³/mol. The molecule has 16 heavy (non-hydrogen) atoms. The van der Waals surface area contributed by atoms with Crippen molar-refractivity contribution in [3.8, 4) is 0 Å². The molecule has 1 aromatic rings. The van der Waals surface area contributed by atoms with Crippen LogP contribution in [0.25, 0.3) is 0 Å². The van der Waals surface area contributed by atoms with E-state index in [1.54, 1.807) is 0 Å². The number of benzene rings is 1. The molecule has 0 aliphatic heterocycles. The zero-order valence-corrected chi connectivity index (χ0v) is 10.7. The Balaban J connectivity index is 2.03. The molecule has 0 unspecified atom stereocenters. The lowest BCUT2D eigenvalue weighted by Crippen LogP contribution is -2.41. The van der Waals surface area contributed by atoms with Gasteiger partial charge in [-0.05, 0) is 42.2 Å². The topological polar surface area (TPSA) is 26.0 Å². The average molecular weight is 217 g/mol. The van der Waals surface area contributed by atoms with Crippen LogP contribution in [0.15, 0.2) is 24.3 Å². The number of fused-ring (bicyclic) bond motifs is 1. The summed E-state index contributed by atoms with van der Waals surface area (Å²) in [6.45, 7) is 6.87. The Kier molecular flexibility index (Phi) is 2.83. The second-order valence-electron chi connectivity index (χ2n) is 6.55. The molecule has 0 saturated carbocycles. The van der Waals surface area contributed by atoms with Gasteiger partial charge < -0.3 is 5.73 Å². The summed E-state index contributed by atoms with van der Waals surface area (Å²) in [4.78, 5) is 0. The van der Waals surface area contributed by atoms with Crippen LogP contribution in [-0.2, 0) is 12.8 Å². The van der Waals surface area contributed by atoms with E-state index < -0.39 is 0 Å². The first-order valence-corrected chi connectivity index (χ1v) is 6.24. The van der Waals surface area contributed by atoms with Gasteiger partial charge in [-0.25, -0.2) is 0 Å². The van der Waals surface area contributed by atoms with Crippen LogP contribution in [-0.4, -0.2) is 5.54 Å². The molecule has 1 aromatic carbocycles. The van der Waals surface area contributed by atoms with E-state index in [1.165, 1.54) is 17.5 Å². The summed E-state index contributed by atoms with van der Waals surface area (Å²) < 4.78 is 0. The van der Waals surface area contributed by atoms with Gasteiger partial charge in [0.05, 0.1) is 0 Å². The maximum absolute atomic E-state index is 6.52. The molecule has 0 amide bonds. The molecule has 0 spiro atoms. The van der Waals surface area contributed by atoms with Crippen molar-refractivity contribution in [2.24, 2.45) is 11.1 Å². The molecule has 0 aromatic heterocycles. The van der Waals surface area contributed by atoms with Crippen LogP contribution >= 0.6 is 0 Å². The Labute approximate surface area is 99.0 Å². The van der Waals surface area contributed by atoms with Gasteiger partial charge in [0.15, 0.2) is 0 Å². The smallest absolute Gasteiger partial charge is 0.0236 e. The predicted octanol–water partition coefficient (Wildman–Crippen LogP) is 3.31. The summed E-state index contributed by atoms with van der Waals surface area (Å²) in [6, 6.07) is 8.69. The van der Waals surface area contributed by atoms with Crippen LogP contribution in [0.3, 0.4) is 0 Å². The Morgan fingerprint density at radius 1 is 1.12 bits per heavy atom. The normalized spacial score (nSPS) is 18.5. The molecule has 2 N–H and O–H groups in total. The molecule has 1 heteroatoms. The van der Waals surface area contributed by atoms with Crippen molar-refractivity contribution in [1.29, 1.82) is 0 Å². The van der Waals surface area contributed by atoms with Crippen LogP contribution in [0.5, 0.6) is 0 Å². The highest BCUT2D eigenvalue weighted by atomic mass is 14.8. The summed E-state index contributed by atoms with van der Waals surface area (Å²) >= 11 is 0. The van der Waals surface area contributed by atoms with Gasteiger partial charge in [0.1, 0.15) is 0 Å². The molecule has 1 aliphatic rings. The summed E-state index contributed by atoms with van der Waals surface area (Å²) in [6.07, 6.45) is 4.45. The monoisotopic (exact) mass is 217 g/mol. The van der Waals surface area contributed by atoms with Crippen molar-refractivity contribution in [2.45, 2.75) is 52.0 Å². The number of hydrogen-bond donors (Lipinski definition) is 1. The molecule has 0 heterocycles. The van der Waals surface area contributed by atoms with Gasteiger partial charge in [-0.15, -0.1) is 0 Å². The minimum Gasteiger partial charge on any atom is -0.324 e. The minimum atomic E-state index is 0.0109. The zero-order chi connectivity index (χ0) is 11.8. The van der Waals surface area contributed by atoms with E-state index in [1.807, 2.05) is 0 Å². The molecule has 0 saturated heterocycles. The van der Waals surface area contributed by atoms with Crippen molar-refractivity contribution in [3.63, 3.8) is 0 Å². The highest BCUT2D eigenvalue weighted by Crippen LogP contribution is 2.34. The lowest BCUT2D eigenvalue weighted by molar-refractivity contribution is 0.297. The van der Waals surface area contributed by atoms with E-state index in [0.717, 1.165) is 19.3 Å². The Morgan fingerprint density at radius 3 is 2.06 bits per heavy atom. The van der Waals surface area contributed by atoms with E-state index in [9.17, 15) is 0 Å². The summed E-state index contributed by atoms with van der Waals surface area (Å²) in [5, 5.41) is 0. The van der Waals surface area contributed by atoms with Gasteiger partial charge in [0.2, 0.25) is 0 Å². The fourth-order valence-electron chi connectivity index (χ4n) is 2.52. The SMILES string of the molecule is CC(C)(C)CCC1(N)Cc2ccccc2C1.